The van der Waals surface area contributed by atoms with Crippen molar-refractivity contribution in [3.63, 3.8) is 0 Å². The lowest BCUT2D eigenvalue weighted by atomic mass is 9.96. The van der Waals surface area contributed by atoms with Crippen LogP contribution in [0.4, 0.5) is 0 Å². The number of aromatic nitrogens is 1. The van der Waals surface area contributed by atoms with Crippen molar-refractivity contribution in [3.05, 3.63) is 23.5 Å². The maximum absolute atomic E-state index is 5.37. The second-order valence-corrected chi connectivity index (χ2v) is 3.70. The minimum Gasteiger partial charge on any atom is -0.496 e. The van der Waals surface area contributed by atoms with Crippen LogP contribution in [0.5, 0.6) is 5.75 Å². The van der Waals surface area contributed by atoms with Gasteiger partial charge in [0.2, 0.25) is 0 Å². The highest BCUT2D eigenvalue weighted by Gasteiger charge is 2.22. The number of ether oxygens (including phenoxy) is 1. The molecule has 2 heterocycles. The van der Waals surface area contributed by atoms with Gasteiger partial charge in [0.05, 0.1) is 7.11 Å². The Morgan fingerprint density at radius 1 is 1.57 bits per heavy atom. The summed E-state index contributed by atoms with van der Waals surface area (Å²) in [5, 5.41) is 3.37. The van der Waals surface area contributed by atoms with Crippen LogP contribution in [0.2, 0.25) is 0 Å². The Morgan fingerprint density at radius 2 is 2.43 bits per heavy atom. The van der Waals surface area contributed by atoms with Crippen molar-refractivity contribution in [2.24, 2.45) is 0 Å². The van der Waals surface area contributed by atoms with E-state index < -0.39 is 0 Å². The summed E-state index contributed by atoms with van der Waals surface area (Å²) in [6, 6.07) is 1.95. The first-order valence-corrected chi connectivity index (χ1v) is 5.03. The van der Waals surface area contributed by atoms with Gasteiger partial charge in [-0.3, -0.25) is 4.98 Å². The number of aryl methyl sites for hydroxylation is 1. The molecular formula is C11H16N2O. The summed E-state index contributed by atoms with van der Waals surface area (Å²) < 4.78 is 5.37. The highest BCUT2D eigenvalue weighted by Crippen LogP contribution is 2.31. The Hall–Kier alpha value is -1.09. The van der Waals surface area contributed by atoms with E-state index in [-0.39, 0.29) is 0 Å². The summed E-state index contributed by atoms with van der Waals surface area (Å²) in [6.07, 6.45) is 2.99. The molecule has 1 atom stereocenters. The van der Waals surface area contributed by atoms with Crippen molar-refractivity contribution >= 4 is 0 Å². The SMILES string of the molecule is COc1ccnc(C)c1C1CCNC1. The van der Waals surface area contributed by atoms with E-state index in [0.29, 0.717) is 5.92 Å². The highest BCUT2D eigenvalue weighted by molar-refractivity contribution is 5.39. The molecule has 1 aliphatic rings. The molecule has 0 amide bonds. The van der Waals surface area contributed by atoms with Gasteiger partial charge in [0.25, 0.3) is 0 Å². The Bertz CT molecular complexity index is 319. The van der Waals surface area contributed by atoms with E-state index in [2.05, 4.69) is 17.2 Å². The zero-order valence-corrected chi connectivity index (χ0v) is 8.71. The van der Waals surface area contributed by atoms with Crippen LogP contribution in [0, 0.1) is 6.92 Å². The van der Waals surface area contributed by atoms with Crippen LogP contribution in [0.15, 0.2) is 12.3 Å². The van der Waals surface area contributed by atoms with Crippen molar-refractivity contribution in [1.29, 1.82) is 0 Å². The van der Waals surface area contributed by atoms with E-state index in [0.717, 1.165) is 24.5 Å². The van der Waals surface area contributed by atoms with Crippen LogP contribution in [0.1, 0.15) is 23.6 Å². The number of pyridine rings is 1. The third-order valence-electron chi connectivity index (χ3n) is 2.84. The molecule has 3 heteroatoms. The monoisotopic (exact) mass is 192 g/mol. The third kappa shape index (κ3) is 1.60. The molecule has 1 unspecified atom stereocenters. The van der Waals surface area contributed by atoms with Crippen LogP contribution in [-0.4, -0.2) is 25.2 Å². The van der Waals surface area contributed by atoms with E-state index in [1.54, 1.807) is 13.3 Å². The summed E-state index contributed by atoms with van der Waals surface area (Å²) in [4.78, 5) is 4.32. The van der Waals surface area contributed by atoms with Crippen molar-refractivity contribution in [3.8, 4) is 5.75 Å². The van der Waals surface area contributed by atoms with E-state index in [9.17, 15) is 0 Å². The minimum absolute atomic E-state index is 0.568. The van der Waals surface area contributed by atoms with Gasteiger partial charge in [-0.1, -0.05) is 0 Å². The van der Waals surface area contributed by atoms with Gasteiger partial charge < -0.3 is 10.1 Å². The van der Waals surface area contributed by atoms with Crippen molar-refractivity contribution in [2.45, 2.75) is 19.3 Å². The van der Waals surface area contributed by atoms with E-state index in [1.807, 2.05) is 6.07 Å². The lowest BCUT2D eigenvalue weighted by Crippen LogP contribution is -2.10. The number of nitrogens with zero attached hydrogens (tertiary/aromatic N) is 1. The van der Waals surface area contributed by atoms with Crippen LogP contribution in [-0.2, 0) is 0 Å². The molecule has 2 rings (SSSR count). The van der Waals surface area contributed by atoms with Crippen LogP contribution in [0.3, 0.4) is 0 Å². The number of hydrogen-bond donors (Lipinski definition) is 1. The Labute approximate surface area is 84.5 Å². The van der Waals surface area contributed by atoms with E-state index in [1.165, 1.54) is 12.0 Å². The van der Waals surface area contributed by atoms with Gasteiger partial charge in [-0.25, -0.2) is 0 Å². The second-order valence-electron chi connectivity index (χ2n) is 3.70. The van der Waals surface area contributed by atoms with E-state index in [4.69, 9.17) is 4.74 Å². The fourth-order valence-electron chi connectivity index (χ4n) is 2.13. The molecular weight excluding hydrogens is 176 g/mol. The zero-order valence-electron chi connectivity index (χ0n) is 8.71. The largest absolute Gasteiger partial charge is 0.496 e. The van der Waals surface area contributed by atoms with Gasteiger partial charge in [-0.2, -0.15) is 0 Å². The summed E-state index contributed by atoms with van der Waals surface area (Å²) in [6.45, 7) is 4.20. The molecule has 0 saturated carbocycles. The average molecular weight is 192 g/mol. The molecule has 3 nitrogen and oxygen atoms in total. The molecule has 0 spiro atoms. The average Bonchev–Trinajstić information content (AvgIpc) is 2.70. The highest BCUT2D eigenvalue weighted by atomic mass is 16.5. The molecule has 1 saturated heterocycles. The molecule has 0 bridgehead atoms. The Morgan fingerprint density at radius 3 is 3.07 bits per heavy atom. The van der Waals surface area contributed by atoms with Gasteiger partial charge in [0.15, 0.2) is 0 Å². The molecule has 1 aliphatic heterocycles. The molecule has 14 heavy (non-hydrogen) atoms. The molecule has 1 N–H and O–H groups in total. The van der Waals surface area contributed by atoms with Crippen molar-refractivity contribution < 1.29 is 4.74 Å². The zero-order chi connectivity index (χ0) is 9.97. The Kier molecular flexibility index (Phi) is 2.68. The number of rotatable bonds is 2. The van der Waals surface area contributed by atoms with Crippen LogP contribution < -0.4 is 10.1 Å². The lowest BCUT2D eigenvalue weighted by molar-refractivity contribution is 0.405. The first kappa shape index (κ1) is 9.46. The first-order chi connectivity index (χ1) is 6.83. The van der Waals surface area contributed by atoms with Gasteiger partial charge in [0, 0.05) is 29.9 Å². The van der Waals surface area contributed by atoms with Crippen LogP contribution in [0.25, 0.3) is 0 Å². The summed E-state index contributed by atoms with van der Waals surface area (Å²) >= 11 is 0. The topological polar surface area (TPSA) is 34.1 Å². The predicted molar refractivity (Wildman–Crippen MR) is 55.8 cm³/mol. The minimum atomic E-state index is 0.568. The van der Waals surface area contributed by atoms with Crippen molar-refractivity contribution in [2.75, 3.05) is 20.2 Å². The number of nitrogens with one attached hydrogen (secondary N) is 1. The number of hydrogen-bond acceptors (Lipinski definition) is 3. The van der Waals surface area contributed by atoms with Gasteiger partial charge in [0.1, 0.15) is 5.75 Å². The normalized spacial score (nSPS) is 21.1. The maximum atomic E-state index is 5.37. The molecule has 0 aromatic carbocycles. The van der Waals surface area contributed by atoms with Gasteiger partial charge >= 0.3 is 0 Å². The summed E-state index contributed by atoms with van der Waals surface area (Å²) in [5.41, 5.74) is 2.37. The molecule has 1 aromatic heterocycles. The predicted octanol–water partition coefficient (Wildman–Crippen LogP) is 1.48. The van der Waals surface area contributed by atoms with Gasteiger partial charge in [-0.15, -0.1) is 0 Å². The second kappa shape index (κ2) is 3.96. The Balaban J connectivity index is 2.37. The lowest BCUT2D eigenvalue weighted by Gasteiger charge is -2.15. The van der Waals surface area contributed by atoms with Gasteiger partial charge in [-0.05, 0) is 26.0 Å². The molecule has 76 valence electrons. The van der Waals surface area contributed by atoms with Crippen LogP contribution >= 0.6 is 0 Å². The first-order valence-electron chi connectivity index (χ1n) is 5.03. The third-order valence-corrected chi connectivity index (χ3v) is 2.84. The fraction of sp³-hybridized carbons (Fsp3) is 0.545. The number of methoxy groups -OCH3 is 1. The quantitative estimate of drug-likeness (QED) is 0.770. The maximum Gasteiger partial charge on any atom is 0.125 e. The van der Waals surface area contributed by atoms with E-state index >= 15 is 0 Å². The molecule has 1 aromatic rings. The smallest absolute Gasteiger partial charge is 0.125 e. The summed E-state index contributed by atoms with van der Waals surface area (Å²) in [5.74, 6) is 1.55. The molecule has 0 radical (unpaired) electrons. The van der Waals surface area contributed by atoms with Crippen molar-refractivity contribution in [1.82, 2.24) is 10.3 Å². The standard InChI is InChI=1S/C11H16N2O/c1-8-11(9-3-5-12-7-9)10(14-2)4-6-13-8/h4,6,9,12H,3,5,7H2,1-2H3. The fourth-order valence-corrected chi connectivity index (χ4v) is 2.13. The summed E-state index contributed by atoms with van der Waals surface area (Å²) in [7, 11) is 1.72. The molecule has 0 aliphatic carbocycles. The molecule has 1 fully saturated rings.